The number of aromatic carboxylic acids is 1. The molecular weight excluding hydrogens is 212 g/mol. The molecule has 1 aromatic rings. The van der Waals surface area contributed by atoms with E-state index in [1.54, 1.807) is 12.1 Å². The number of carboxylic acid groups (broad SMARTS) is 1. The van der Waals surface area contributed by atoms with Crippen LogP contribution in [-0.4, -0.2) is 22.2 Å². The van der Waals surface area contributed by atoms with E-state index < -0.39 is 5.97 Å². The van der Waals surface area contributed by atoms with E-state index in [1.807, 2.05) is 0 Å². The van der Waals surface area contributed by atoms with Crippen molar-refractivity contribution in [3.05, 3.63) is 42.7 Å². The van der Waals surface area contributed by atoms with Gasteiger partial charge in [0, 0.05) is 6.92 Å². The van der Waals surface area contributed by atoms with E-state index in [0.717, 1.165) is 6.26 Å². The van der Waals surface area contributed by atoms with E-state index in [4.69, 9.17) is 10.2 Å². The maximum Gasteiger partial charge on any atom is 0.339 e. The van der Waals surface area contributed by atoms with Crippen LogP contribution in [0.3, 0.4) is 0 Å². The number of hydrogen-bond acceptors (Lipinski definition) is 4. The minimum atomic E-state index is -1.11. The molecule has 0 saturated carbocycles. The third-order valence-electron chi connectivity index (χ3n) is 1.38. The van der Waals surface area contributed by atoms with E-state index in [0.29, 0.717) is 0 Å². The molecule has 1 rings (SSSR count). The Hall–Kier alpha value is -2.30. The molecule has 5 heteroatoms. The van der Waals surface area contributed by atoms with Crippen LogP contribution in [0.15, 0.2) is 37.1 Å². The van der Waals surface area contributed by atoms with Gasteiger partial charge in [0.2, 0.25) is 0 Å². The van der Waals surface area contributed by atoms with Crippen molar-refractivity contribution in [3.63, 3.8) is 0 Å². The summed E-state index contributed by atoms with van der Waals surface area (Å²) >= 11 is 0. The van der Waals surface area contributed by atoms with Gasteiger partial charge in [0.05, 0.1) is 6.26 Å². The molecule has 0 atom stereocenters. The van der Waals surface area contributed by atoms with Crippen molar-refractivity contribution in [2.75, 3.05) is 0 Å². The van der Waals surface area contributed by atoms with Gasteiger partial charge in [-0.1, -0.05) is 18.7 Å². The molecule has 0 unspecified atom stereocenters. The number of carboxylic acids is 1. The van der Waals surface area contributed by atoms with Crippen molar-refractivity contribution in [2.45, 2.75) is 6.92 Å². The Morgan fingerprint density at radius 2 is 1.94 bits per heavy atom. The highest BCUT2D eigenvalue weighted by Crippen LogP contribution is 2.14. The van der Waals surface area contributed by atoms with E-state index in [1.165, 1.54) is 19.1 Å². The monoisotopic (exact) mass is 224 g/mol. The molecule has 0 heterocycles. The predicted octanol–water partition coefficient (Wildman–Crippen LogP) is 1.78. The van der Waals surface area contributed by atoms with Crippen LogP contribution in [0.2, 0.25) is 0 Å². The molecule has 0 bridgehead atoms. The van der Waals surface area contributed by atoms with Gasteiger partial charge < -0.3 is 14.9 Å². The molecule has 0 radical (unpaired) electrons. The first-order chi connectivity index (χ1) is 7.49. The number of ether oxygens (including phenoxy) is 1. The van der Waals surface area contributed by atoms with Crippen LogP contribution in [0, 0.1) is 0 Å². The van der Waals surface area contributed by atoms with Gasteiger partial charge in [-0.2, -0.15) is 0 Å². The third-order valence-corrected chi connectivity index (χ3v) is 1.38. The molecule has 0 saturated heterocycles. The molecule has 16 heavy (non-hydrogen) atoms. The van der Waals surface area contributed by atoms with Crippen molar-refractivity contribution in [2.24, 2.45) is 0 Å². The fourth-order valence-electron chi connectivity index (χ4n) is 0.772. The predicted molar refractivity (Wildman–Crippen MR) is 57.0 cm³/mol. The SMILES string of the molecule is C=COC(C)=O.O=C(O)c1ccccc1O. The summed E-state index contributed by atoms with van der Waals surface area (Å²) in [6.45, 7) is 4.48. The minimum Gasteiger partial charge on any atom is -0.507 e. The number of aromatic hydroxyl groups is 1. The van der Waals surface area contributed by atoms with Gasteiger partial charge >= 0.3 is 11.9 Å². The van der Waals surface area contributed by atoms with Gasteiger partial charge in [-0.25, -0.2) is 4.79 Å². The van der Waals surface area contributed by atoms with Crippen LogP contribution in [0.5, 0.6) is 5.75 Å². The van der Waals surface area contributed by atoms with E-state index in [-0.39, 0.29) is 17.3 Å². The van der Waals surface area contributed by atoms with Gasteiger partial charge in [-0.05, 0) is 12.1 Å². The van der Waals surface area contributed by atoms with Gasteiger partial charge in [-0.3, -0.25) is 4.79 Å². The molecule has 1 aromatic carbocycles. The van der Waals surface area contributed by atoms with Crippen LogP contribution in [0.25, 0.3) is 0 Å². The largest absolute Gasteiger partial charge is 0.507 e. The summed E-state index contributed by atoms with van der Waals surface area (Å²) in [7, 11) is 0. The number of benzene rings is 1. The standard InChI is InChI=1S/C7H6O3.C4H6O2/c8-6-4-2-1-3-5(6)7(9)10;1-3-6-4(2)5/h1-4,8H,(H,9,10);3H,1H2,2H3. The number of esters is 1. The van der Waals surface area contributed by atoms with E-state index in [2.05, 4.69) is 11.3 Å². The van der Waals surface area contributed by atoms with Gasteiger partial charge in [0.1, 0.15) is 11.3 Å². The smallest absolute Gasteiger partial charge is 0.339 e. The van der Waals surface area contributed by atoms with Crippen LogP contribution in [-0.2, 0) is 9.53 Å². The zero-order valence-corrected chi connectivity index (χ0v) is 8.71. The summed E-state index contributed by atoms with van der Waals surface area (Å²) in [5.74, 6) is -1.64. The Morgan fingerprint density at radius 3 is 2.19 bits per heavy atom. The maximum atomic E-state index is 10.3. The molecule has 0 aliphatic heterocycles. The molecule has 86 valence electrons. The van der Waals surface area contributed by atoms with Crippen molar-refractivity contribution in [3.8, 4) is 5.75 Å². The molecular formula is C11H12O5. The highest BCUT2D eigenvalue weighted by molar-refractivity contribution is 5.90. The Labute approximate surface area is 92.6 Å². The highest BCUT2D eigenvalue weighted by atomic mass is 16.5. The second-order valence-corrected chi connectivity index (χ2v) is 2.60. The third kappa shape index (κ3) is 5.43. The summed E-state index contributed by atoms with van der Waals surface area (Å²) in [5.41, 5.74) is -0.0671. The van der Waals surface area contributed by atoms with Crippen LogP contribution >= 0.6 is 0 Å². The fraction of sp³-hybridized carbons (Fsp3) is 0.0909. The molecule has 0 aliphatic rings. The maximum absolute atomic E-state index is 10.3. The lowest BCUT2D eigenvalue weighted by Crippen LogP contribution is -1.95. The number of carbonyl (C=O) groups is 2. The summed E-state index contributed by atoms with van der Waals surface area (Å²) in [6, 6.07) is 5.81. The number of hydrogen-bond donors (Lipinski definition) is 2. The van der Waals surface area contributed by atoms with Crippen molar-refractivity contribution in [1.82, 2.24) is 0 Å². The molecule has 0 aliphatic carbocycles. The Balaban J connectivity index is 0.000000325. The molecule has 2 N–H and O–H groups in total. The first-order valence-electron chi connectivity index (χ1n) is 4.28. The number of para-hydroxylation sites is 1. The van der Waals surface area contributed by atoms with Crippen molar-refractivity contribution < 1.29 is 24.5 Å². The fourth-order valence-corrected chi connectivity index (χ4v) is 0.772. The number of phenols is 1. The van der Waals surface area contributed by atoms with Crippen molar-refractivity contribution in [1.29, 1.82) is 0 Å². The van der Waals surface area contributed by atoms with Gasteiger partial charge in [0.25, 0.3) is 0 Å². The first-order valence-corrected chi connectivity index (χ1v) is 4.28. The molecule has 0 amide bonds. The zero-order chi connectivity index (χ0) is 12.6. The Kier molecular flexibility index (Phi) is 6.04. The van der Waals surface area contributed by atoms with Crippen LogP contribution in [0.4, 0.5) is 0 Å². The zero-order valence-electron chi connectivity index (χ0n) is 8.71. The number of carbonyl (C=O) groups excluding carboxylic acids is 1. The molecule has 0 spiro atoms. The van der Waals surface area contributed by atoms with Gasteiger partial charge in [0.15, 0.2) is 0 Å². The first kappa shape index (κ1) is 13.7. The second kappa shape index (κ2) is 7.05. The van der Waals surface area contributed by atoms with Gasteiger partial charge in [-0.15, -0.1) is 0 Å². The van der Waals surface area contributed by atoms with Crippen LogP contribution < -0.4 is 0 Å². The topological polar surface area (TPSA) is 83.8 Å². The summed E-state index contributed by atoms with van der Waals surface area (Å²) in [4.78, 5) is 20.0. The van der Waals surface area contributed by atoms with Crippen LogP contribution in [0.1, 0.15) is 17.3 Å². The van der Waals surface area contributed by atoms with E-state index in [9.17, 15) is 9.59 Å². The molecule has 5 nitrogen and oxygen atoms in total. The molecule has 0 fully saturated rings. The lowest BCUT2D eigenvalue weighted by molar-refractivity contribution is -0.135. The average molecular weight is 224 g/mol. The summed E-state index contributed by atoms with van der Waals surface area (Å²) < 4.78 is 4.17. The lowest BCUT2D eigenvalue weighted by atomic mass is 10.2. The average Bonchev–Trinajstić information content (AvgIpc) is 2.18. The Bertz CT molecular complexity index is 384. The molecule has 0 aromatic heterocycles. The number of rotatable bonds is 2. The second-order valence-electron chi connectivity index (χ2n) is 2.60. The quantitative estimate of drug-likeness (QED) is 0.591. The van der Waals surface area contributed by atoms with E-state index >= 15 is 0 Å². The Morgan fingerprint density at radius 1 is 1.38 bits per heavy atom. The summed E-state index contributed by atoms with van der Waals surface area (Å²) in [5, 5.41) is 17.3. The minimum absolute atomic E-state index is 0.0671. The van der Waals surface area contributed by atoms with Crippen molar-refractivity contribution >= 4 is 11.9 Å². The summed E-state index contributed by atoms with van der Waals surface area (Å²) in [6.07, 6.45) is 1.10. The lowest BCUT2D eigenvalue weighted by Gasteiger charge is -1.95. The normalized spacial score (nSPS) is 8.31. The highest BCUT2D eigenvalue weighted by Gasteiger charge is 2.05.